The Kier molecular flexibility index (Phi) is 6.40. The van der Waals surface area contributed by atoms with Crippen molar-refractivity contribution in [3.05, 3.63) is 29.3 Å². The van der Waals surface area contributed by atoms with Gasteiger partial charge in [0.2, 0.25) is 0 Å². The van der Waals surface area contributed by atoms with Crippen LogP contribution in [0.2, 0.25) is 0 Å². The smallest absolute Gasteiger partial charge is 0.326 e. The fourth-order valence-electron chi connectivity index (χ4n) is 2.19. The highest BCUT2D eigenvalue weighted by Crippen LogP contribution is 2.17. The van der Waals surface area contributed by atoms with E-state index in [4.69, 9.17) is 4.74 Å². The summed E-state index contributed by atoms with van der Waals surface area (Å²) >= 11 is 1.13. The highest BCUT2D eigenvalue weighted by atomic mass is 32.2. The molecule has 1 aromatic carbocycles. The van der Waals surface area contributed by atoms with E-state index in [9.17, 15) is 19.2 Å². The molecule has 1 saturated heterocycles. The molecule has 4 amide bonds. The molecule has 25 heavy (non-hydrogen) atoms. The Morgan fingerprint density at radius 2 is 2.04 bits per heavy atom. The highest BCUT2D eigenvalue weighted by molar-refractivity contribution is 8.13. The van der Waals surface area contributed by atoms with E-state index in [0.29, 0.717) is 18.0 Å². The third kappa shape index (κ3) is 5.79. The highest BCUT2D eigenvalue weighted by Gasteiger charge is 2.24. The van der Waals surface area contributed by atoms with Crippen molar-refractivity contribution in [2.24, 2.45) is 0 Å². The van der Waals surface area contributed by atoms with Crippen LogP contribution in [0, 0.1) is 13.8 Å². The van der Waals surface area contributed by atoms with Crippen LogP contribution >= 0.6 is 11.8 Å². The first kappa shape index (κ1) is 18.8. The second-order valence-corrected chi connectivity index (χ2v) is 6.56. The Bertz CT molecular complexity index is 707. The lowest BCUT2D eigenvalue weighted by molar-refractivity contribution is -0.148. The van der Waals surface area contributed by atoms with Crippen LogP contribution in [0.4, 0.5) is 15.3 Å². The maximum Gasteiger partial charge on any atom is 0.326 e. The van der Waals surface area contributed by atoms with E-state index < -0.39 is 24.5 Å². The number of benzene rings is 1. The first-order valence-electron chi connectivity index (χ1n) is 7.60. The maximum atomic E-state index is 11.8. The molecule has 2 rings (SSSR count). The van der Waals surface area contributed by atoms with Gasteiger partial charge in [-0.1, -0.05) is 29.5 Å². The molecule has 134 valence electrons. The molecule has 0 saturated carbocycles. The average molecular weight is 365 g/mol. The van der Waals surface area contributed by atoms with Gasteiger partial charge in [-0.05, 0) is 25.5 Å². The van der Waals surface area contributed by atoms with Gasteiger partial charge in [0.25, 0.3) is 11.1 Å². The number of thioether (sulfide) groups is 1. The summed E-state index contributed by atoms with van der Waals surface area (Å²) in [6, 6.07) is 4.76. The van der Waals surface area contributed by atoms with Crippen LogP contribution in [-0.4, -0.2) is 53.5 Å². The molecule has 0 bridgehead atoms. The average Bonchev–Trinajstić information content (AvgIpc) is 2.93. The zero-order valence-electron chi connectivity index (χ0n) is 14.0. The summed E-state index contributed by atoms with van der Waals surface area (Å²) in [6.45, 7) is 3.46. The summed E-state index contributed by atoms with van der Waals surface area (Å²) < 4.78 is 4.77. The predicted molar refractivity (Wildman–Crippen MR) is 93.5 cm³/mol. The number of rotatable bonds is 5. The van der Waals surface area contributed by atoms with E-state index >= 15 is 0 Å². The van der Waals surface area contributed by atoms with Gasteiger partial charge >= 0.3 is 12.0 Å². The van der Waals surface area contributed by atoms with Gasteiger partial charge in [0.05, 0.1) is 0 Å². The van der Waals surface area contributed by atoms with Crippen molar-refractivity contribution in [3.63, 3.8) is 0 Å². The molecule has 0 aliphatic carbocycles. The molecule has 2 N–H and O–H groups in total. The molecule has 1 aliphatic rings. The number of imide groups is 1. The minimum Gasteiger partial charge on any atom is -0.454 e. The van der Waals surface area contributed by atoms with E-state index in [1.165, 1.54) is 4.90 Å². The standard InChI is InChI=1S/C16H19N3O5S/c1-10-3-4-12(11(2)7-10)17-15(22)18-13(20)9-24-14(21)8-19-5-6-25-16(19)23/h3-4,7H,5-6,8-9H2,1-2H3,(H2,17,18,20,22). The zero-order chi connectivity index (χ0) is 18.4. The number of carbonyl (C=O) groups is 4. The number of ether oxygens (including phenoxy) is 1. The predicted octanol–water partition coefficient (Wildman–Crippen LogP) is 1.66. The van der Waals surface area contributed by atoms with Gasteiger partial charge in [0.15, 0.2) is 6.61 Å². The lowest BCUT2D eigenvalue weighted by Crippen LogP contribution is -2.38. The van der Waals surface area contributed by atoms with Crippen molar-refractivity contribution in [2.45, 2.75) is 13.8 Å². The number of carbonyl (C=O) groups excluding carboxylic acids is 4. The van der Waals surface area contributed by atoms with Crippen LogP contribution in [0.5, 0.6) is 0 Å². The minimum atomic E-state index is -0.752. The van der Waals surface area contributed by atoms with Crippen molar-refractivity contribution in [2.75, 3.05) is 30.8 Å². The number of nitrogens with one attached hydrogen (secondary N) is 2. The van der Waals surface area contributed by atoms with Gasteiger partial charge in [-0.2, -0.15) is 0 Å². The Balaban J connectivity index is 1.73. The van der Waals surface area contributed by atoms with Crippen LogP contribution in [0.15, 0.2) is 18.2 Å². The molecule has 8 nitrogen and oxygen atoms in total. The van der Waals surface area contributed by atoms with Crippen LogP contribution in [-0.2, 0) is 14.3 Å². The van der Waals surface area contributed by atoms with Crippen molar-refractivity contribution in [1.82, 2.24) is 10.2 Å². The third-order valence-electron chi connectivity index (χ3n) is 3.41. The fourth-order valence-corrected chi connectivity index (χ4v) is 3.01. The molecule has 1 heterocycles. The molecule has 0 aromatic heterocycles. The monoisotopic (exact) mass is 365 g/mol. The van der Waals surface area contributed by atoms with Crippen molar-refractivity contribution >= 4 is 40.6 Å². The SMILES string of the molecule is Cc1ccc(NC(=O)NC(=O)COC(=O)CN2CCSC2=O)c(C)c1. The zero-order valence-corrected chi connectivity index (χ0v) is 14.8. The van der Waals surface area contributed by atoms with Crippen LogP contribution in [0.3, 0.4) is 0 Å². The molecule has 9 heteroatoms. The minimum absolute atomic E-state index is 0.186. The summed E-state index contributed by atoms with van der Waals surface area (Å²) in [4.78, 5) is 47.7. The number of hydrogen-bond acceptors (Lipinski definition) is 6. The second kappa shape index (κ2) is 8.52. The van der Waals surface area contributed by atoms with E-state index in [2.05, 4.69) is 10.6 Å². The Morgan fingerprint density at radius 3 is 2.68 bits per heavy atom. The van der Waals surface area contributed by atoms with Gasteiger partial charge in [0, 0.05) is 18.0 Å². The van der Waals surface area contributed by atoms with E-state index in [1.807, 2.05) is 26.0 Å². The summed E-state index contributed by atoms with van der Waals surface area (Å²) in [5, 5.41) is 4.44. The Hall–Kier alpha value is -2.55. The molecule has 0 spiro atoms. The molecule has 1 aromatic rings. The molecule has 0 atom stereocenters. The number of hydrogen-bond donors (Lipinski definition) is 2. The van der Waals surface area contributed by atoms with E-state index in [0.717, 1.165) is 22.9 Å². The topological polar surface area (TPSA) is 105 Å². The Morgan fingerprint density at radius 1 is 1.28 bits per heavy atom. The number of esters is 1. The number of nitrogens with zero attached hydrogens (tertiary/aromatic N) is 1. The first-order chi connectivity index (χ1) is 11.8. The molecular formula is C16H19N3O5S. The van der Waals surface area contributed by atoms with E-state index in [-0.39, 0.29) is 11.8 Å². The summed E-state index contributed by atoms with van der Waals surface area (Å²) in [6.07, 6.45) is 0. The second-order valence-electron chi connectivity index (χ2n) is 5.52. The summed E-state index contributed by atoms with van der Waals surface area (Å²) in [5.74, 6) is -0.816. The maximum absolute atomic E-state index is 11.8. The molecule has 1 fully saturated rings. The number of amides is 4. The molecule has 0 radical (unpaired) electrons. The molecule has 1 aliphatic heterocycles. The summed E-state index contributed by atoms with van der Waals surface area (Å²) in [7, 11) is 0. The number of aryl methyl sites for hydroxylation is 2. The summed E-state index contributed by atoms with van der Waals surface area (Å²) in [5.41, 5.74) is 2.50. The largest absolute Gasteiger partial charge is 0.454 e. The van der Waals surface area contributed by atoms with Crippen molar-refractivity contribution in [1.29, 1.82) is 0 Å². The number of anilines is 1. The third-order valence-corrected chi connectivity index (χ3v) is 4.30. The van der Waals surface area contributed by atoms with Crippen LogP contribution in [0.1, 0.15) is 11.1 Å². The van der Waals surface area contributed by atoms with Gasteiger partial charge in [0.1, 0.15) is 6.54 Å². The normalized spacial score (nSPS) is 13.5. The van der Waals surface area contributed by atoms with Crippen LogP contribution in [0.25, 0.3) is 0 Å². The fraction of sp³-hybridized carbons (Fsp3) is 0.375. The lowest BCUT2D eigenvalue weighted by Gasteiger charge is -2.13. The molecular weight excluding hydrogens is 346 g/mol. The van der Waals surface area contributed by atoms with Crippen LogP contribution < -0.4 is 10.6 Å². The van der Waals surface area contributed by atoms with Gasteiger partial charge in [-0.15, -0.1) is 0 Å². The van der Waals surface area contributed by atoms with E-state index in [1.54, 1.807) is 6.07 Å². The number of urea groups is 1. The molecule has 0 unspecified atom stereocenters. The lowest BCUT2D eigenvalue weighted by atomic mass is 10.1. The van der Waals surface area contributed by atoms with Gasteiger partial charge in [-0.3, -0.25) is 19.7 Å². The van der Waals surface area contributed by atoms with Crippen molar-refractivity contribution < 1.29 is 23.9 Å². The first-order valence-corrected chi connectivity index (χ1v) is 8.59. The van der Waals surface area contributed by atoms with Gasteiger partial charge < -0.3 is 15.0 Å². The Labute approximate surface area is 149 Å². The van der Waals surface area contributed by atoms with Crippen molar-refractivity contribution in [3.8, 4) is 0 Å². The van der Waals surface area contributed by atoms with Gasteiger partial charge in [-0.25, -0.2) is 4.79 Å². The quantitative estimate of drug-likeness (QED) is 0.769.